The first-order valence-corrected chi connectivity index (χ1v) is 10.8. The first-order chi connectivity index (χ1) is 16.1. The van der Waals surface area contributed by atoms with Crippen LogP contribution in [0.25, 0.3) is 0 Å². The lowest BCUT2D eigenvalue weighted by molar-refractivity contribution is -0.129. The summed E-state index contributed by atoms with van der Waals surface area (Å²) >= 11 is 0. The molecule has 0 aliphatic carbocycles. The Morgan fingerprint density at radius 3 is 2.18 bits per heavy atom. The van der Waals surface area contributed by atoms with E-state index in [9.17, 15) is 14.4 Å². The fraction of sp³-hybridized carbons (Fsp3) is 0.154. The largest absolute Gasteiger partial charge is 0.324 e. The van der Waals surface area contributed by atoms with Crippen LogP contribution in [0.5, 0.6) is 0 Å². The Bertz CT molecular complexity index is 1290. The highest BCUT2D eigenvalue weighted by molar-refractivity contribution is 6.24. The molecular weight excluding hydrogens is 416 g/mol. The lowest BCUT2D eigenvalue weighted by Crippen LogP contribution is -2.46. The second-order valence-electron chi connectivity index (χ2n) is 8.40. The van der Waals surface area contributed by atoms with E-state index in [0.717, 1.165) is 11.1 Å². The van der Waals surface area contributed by atoms with Crippen molar-refractivity contribution < 1.29 is 14.4 Å². The summed E-state index contributed by atoms with van der Waals surface area (Å²) in [5.74, 6) is -2.57. The number of carbonyl (C=O) groups is 3. The van der Waals surface area contributed by atoms with Crippen LogP contribution in [0, 0.1) is 11.8 Å². The first kappa shape index (κ1) is 19.4. The van der Waals surface area contributed by atoms with E-state index in [1.807, 2.05) is 48.5 Å². The van der Waals surface area contributed by atoms with Gasteiger partial charge in [0.2, 0.25) is 17.7 Å². The Kier molecular flexibility index (Phi) is 4.36. The van der Waals surface area contributed by atoms with Gasteiger partial charge in [-0.2, -0.15) is 5.10 Å². The number of fused-ring (bicyclic) bond motifs is 5. The van der Waals surface area contributed by atoms with E-state index < -0.39 is 23.9 Å². The predicted octanol–water partition coefficient (Wildman–Crippen LogP) is 3.20. The summed E-state index contributed by atoms with van der Waals surface area (Å²) in [5.41, 5.74) is 2.93. The van der Waals surface area contributed by atoms with Gasteiger partial charge in [0.15, 0.2) is 0 Å². The molecule has 3 amide bonds. The Labute approximate surface area is 190 Å². The Balaban J connectivity index is 1.45. The van der Waals surface area contributed by atoms with Crippen LogP contribution in [0.1, 0.15) is 17.2 Å². The Hall–Kier alpha value is -4.26. The fourth-order valence-electron chi connectivity index (χ4n) is 5.24. The van der Waals surface area contributed by atoms with Gasteiger partial charge in [-0.25, -0.2) is 4.90 Å². The lowest BCUT2D eigenvalue weighted by atomic mass is 9.85. The first-order valence-electron chi connectivity index (χ1n) is 10.8. The predicted molar refractivity (Wildman–Crippen MR) is 123 cm³/mol. The van der Waals surface area contributed by atoms with Gasteiger partial charge >= 0.3 is 0 Å². The van der Waals surface area contributed by atoms with Crippen molar-refractivity contribution in [1.29, 1.82) is 0 Å². The van der Waals surface area contributed by atoms with Gasteiger partial charge in [0.05, 0.1) is 29.8 Å². The lowest BCUT2D eigenvalue weighted by Gasteiger charge is -2.33. The topological polar surface area (TPSA) is 82.1 Å². The summed E-state index contributed by atoms with van der Waals surface area (Å²) in [7, 11) is 0. The Morgan fingerprint density at radius 2 is 1.42 bits per heavy atom. The van der Waals surface area contributed by atoms with E-state index in [4.69, 9.17) is 0 Å². The summed E-state index contributed by atoms with van der Waals surface area (Å²) in [6.45, 7) is 0. The average molecular weight is 436 g/mol. The van der Waals surface area contributed by atoms with Crippen LogP contribution in [0.4, 0.5) is 11.4 Å². The summed E-state index contributed by atoms with van der Waals surface area (Å²) in [6, 6.07) is 24.2. The van der Waals surface area contributed by atoms with E-state index in [0.29, 0.717) is 11.4 Å². The number of hydrogen-bond donors (Lipinski definition) is 1. The smallest absolute Gasteiger partial charge is 0.249 e. The number of carbonyl (C=O) groups excluding carboxylic acids is 3. The second kappa shape index (κ2) is 7.41. The fourth-order valence-corrected chi connectivity index (χ4v) is 5.24. The summed E-state index contributed by atoms with van der Waals surface area (Å²) in [5, 5.41) is 9.10. The van der Waals surface area contributed by atoms with Crippen LogP contribution in [-0.4, -0.2) is 35.0 Å². The molecule has 6 rings (SSSR count). The number of para-hydroxylation sites is 2. The highest BCUT2D eigenvalue weighted by atomic mass is 16.2. The third-order valence-electron chi connectivity index (χ3n) is 6.62. The van der Waals surface area contributed by atoms with E-state index in [2.05, 4.69) is 10.4 Å². The molecule has 3 aromatic carbocycles. The van der Waals surface area contributed by atoms with Crippen LogP contribution in [0.2, 0.25) is 0 Å². The number of imide groups is 1. The van der Waals surface area contributed by atoms with Gasteiger partial charge in [-0.1, -0.05) is 60.7 Å². The molecule has 2 fully saturated rings. The van der Waals surface area contributed by atoms with Crippen molar-refractivity contribution in [2.24, 2.45) is 16.9 Å². The molecule has 4 atom stereocenters. The second-order valence-corrected chi connectivity index (χ2v) is 8.40. The summed E-state index contributed by atoms with van der Waals surface area (Å²) in [4.78, 5) is 42.1. The van der Waals surface area contributed by atoms with E-state index in [-0.39, 0.29) is 17.7 Å². The molecule has 3 aromatic rings. The molecule has 7 heteroatoms. The maximum atomic E-state index is 13.7. The zero-order valence-corrected chi connectivity index (χ0v) is 17.5. The van der Waals surface area contributed by atoms with Crippen molar-refractivity contribution in [3.8, 4) is 0 Å². The summed E-state index contributed by atoms with van der Waals surface area (Å²) in [6.07, 6.45) is 1.69. The average Bonchev–Trinajstić information content (AvgIpc) is 3.33. The van der Waals surface area contributed by atoms with Crippen LogP contribution in [0.15, 0.2) is 90.0 Å². The minimum absolute atomic E-state index is 0.298. The van der Waals surface area contributed by atoms with E-state index in [1.165, 1.54) is 4.90 Å². The standard InChI is InChI=1S/C26H20N4O3/c31-24(28-17-10-3-1-4-11-17)23-21-20(22-19-14-8-7-9-16(19)15-27-30(22)23)25(32)29(26(21)33)18-12-5-2-6-13-18/h1-15,20-23H,(H,28,31)/t20-,21-,22-,23+/m1/s1. The van der Waals surface area contributed by atoms with E-state index >= 15 is 0 Å². The quantitative estimate of drug-likeness (QED) is 0.640. The van der Waals surface area contributed by atoms with Crippen LogP contribution >= 0.6 is 0 Å². The van der Waals surface area contributed by atoms with Crippen molar-refractivity contribution in [3.63, 3.8) is 0 Å². The number of nitrogens with zero attached hydrogens (tertiary/aromatic N) is 3. The van der Waals surface area contributed by atoms with Crippen LogP contribution in [-0.2, 0) is 14.4 Å². The maximum Gasteiger partial charge on any atom is 0.249 e. The van der Waals surface area contributed by atoms with Gasteiger partial charge in [-0.15, -0.1) is 0 Å². The number of hydrogen-bond acceptors (Lipinski definition) is 5. The molecule has 7 nitrogen and oxygen atoms in total. The number of hydrazone groups is 1. The number of rotatable bonds is 3. The minimum Gasteiger partial charge on any atom is -0.324 e. The minimum atomic E-state index is -0.907. The van der Waals surface area contributed by atoms with E-state index in [1.54, 1.807) is 47.6 Å². The molecule has 0 bridgehead atoms. The number of amides is 3. The highest BCUT2D eigenvalue weighted by Gasteiger charge is 2.65. The zero-order chi connectivity index (χ0) is 22.5. The van der Waals surface area contributed by atoms with Crippen molar-refractivity contribution in [1.82, 2.24) is 5.01 Å². The molecule has 0 spiro atoms. The maximum absolute atomic E-state index is 13.7. The number of nitrogens with one attached hydrogen (secondary N) is 1. The molecule has 0 saturated carbocycles. The number of anilines is 2. The monoisotopic (exact) mass is 436 g/mol. The van der Waals surface area contributed by atoms with Gasteiger partial charge in [-0.05, 0) is 35.4 Å². The molecule has 2 saturated heterocycles. The van der Waals surface area contributed by atoms with Crippen molar-refractivity contribution in [2.75, 3.05) is 10.2 Å². The van der Waals surface area contributed by atoms with Gasteiger partial charge in [0.25, 0.3) is 0 Å². The molecule has 162 valence electrons. The van der Waals surface area contributed by atoms with Crippen molar-refractivity contribution in [3.05, 3.63) is 96.1 Å². The van der Waals surface area contributed by atoms with Crippen molar-refractivity contribution >= 4 is 35.3 Å². The molecule has 0 radical (unpaired) electrons. The van der Waals surface area contributed by atoms with Gasteiger partial charge in [0.1, 0.15) is 6.04 Å². The zero-order valence-electron chi connectivity index (χ0n) is 17.5. The normalized spacial score (nSPS) is 25.0. The molecule has 3 heterocycles. The molecule has 3 aliphatic heterocycles. The Morgan fingerprint density at radius 1 is 0.788 bits per heavy atom. The van der Waals surface area contributed by atoms with Gasteiger partial charge in [-0.3, -0.25) is 19.4 Å². The molecule has 0 unspecified atom stereocenters. The molecule has 1 N–H and O–H groups in total. The van der Waals surface area contributed by atoms with Gasteiger partial charge < -0.3 is 5.32 Å². The highest BCUT2D eigenvalue weighted by Crippen LogP contribution is 2.52. The SMILES string of the molecule is O=C(Nc1ccccc1)[C@@H]1[C@@H]2C(=O)N(c3ccccc3)C(=O)[C@H]2[C@H]2c3ccccc3C=NN12. The summed E-state index contributed by atoms with van der Waals surface area (Å²) < 4.78 is 0. The van der Waals surface area contributed by atoms with Crippen molar-refractivity contribution in [2.45, 2.75) is 12.1 Å². The van der Waals surface area contributed by atoms with Crippen LogP contribution in [0.3, 0.4) is 0 Å². The van der Waals surface area contributed by atoms with Crippen LogP contribution < -0.4 is 10.2 Å². The third kappa shape index (κ3) is 2.89. The van der Waals surface area contributed by atoms with Gasteiger partial charge in [0, 0.05) is 5.69 Å². The molecule has 0 aromatic heterocycles. The third-order valence-corrected chi connectivity index (χ3v) is 6.62. The molecular formula is C26H20N4O3. The molecule has 33 heavy (non-hydrogen) atoms. The number of benzene rings is 3. The molecule has 3 aliphatic rings.